The number of hydrogen-bond acceptors (Lipinski definition) is 2. The standard InChI is InChI=1S/C12H14ClN3O2/c13-9-1-3-10(4-2-9)15-12(18)16-7-5-11(17)14-6-8-16/h1-4H,5-8H2,(H,14,17)(H,15,18). The third kappa shape index (κ3) is 3.37. The van der Waals surface area contributed by atoms with Crippen LogP contribution in [0, 0.1) is 0 Å². The summed E-state index contributed by atoms with van der Waals surface area (Å²) in [6.45, 7) is 1.45. The van der Waals surface area contributed by atoms with Gasteiger partial charge in [0.1, 0.15) is 0 Å². The summed E-state index contributed by atoms with van der Waals surface area (Å²) in [7, 11) is 0. The molecule has 6 heteroatoms. The van der Waals surface area contributed by atoms with Crippen LogP contribution in [0.2, 0.25) is 5.02 Å². The van der Waals surface area contributed by atoms with Crippen LogP contribution in [0.3, 0.4) is 0 Å². The van der Waals surface area contributed by atoms with Crippen molar-refractivity contribution in [2.45, 2.75) is 6.42 Å². The summed E-state index contributed by atoms with van der Waals surface area (Å²) in [6.07, 6.45) is 0.341. The average Bonchev–Trinajstić information content (AvgIpc) is 2.57. The predicted octanol–water partition coefficient (Wildman–Crippen LogP) is 1.69. The van der Waals surface area contributed by atoms with Gasteiger partial charge in [0.25, 0.3) is 0 Å². The van der Waals surface area contributed by atoms with Crippen molar-refractivity contribution in [3.8, 4) is 0 Å². The van der Waals surface area contributed by atoms with Crippen LogP contribution < -0.4 is 10.6 Å². The molecule has 0 unspecified atom stereocenters. The second kappa shape index (κ2) is 5.73. The lowest BCUT2D eigenvalue weighted by Gasteiger charge is -2.20. The van der Waals surface area contributed by atoms with E-state index in [1.807, 2.05) is 0 Å². The van der Waals surface area contributed by atoms with Crippen molar-refractivity contribution in [3.63, 3.8) is 0 Å². The van der Waals surface area contributed by atoms with E-state index < -0.39 is 0 Å². The molecule has 0 radical (unpaired) electrons. The lowest BCUT2D eigenvalue weighted by Crippen LogP contribution is -2.37. The second-order valence-corrected chi connectivity index (χ2v) is 4.46. The van der Waals surface area contributed by atoms with Gasteiger partial charge in [-0.25, -0.2) is 4.79 Å². The molecular weight excluding hydrogens is 254 g/mol. The van der Waals surface area contributed by atoms with Gasteiger partial charge in [-0.1, -0.05) is 11.6 Å². The van der Waals surface area contributed by atoms with Gasteiger partial charge in [-0.3, -0.25) is 4.79 Å². The first-order chi connectivity index (χ1) is 8.65. The number of carbonyl (C=O) groups excluding carboxylic acids is 2. The summed E-state index contributed by atoms with van der Waals surface area (Å²) in [5.41, 5.74) is 0.688. The molecule has 5 nitrogen and oxygen atoms in total. The molecule has 0 bridgehead atoms. The molecule has 0 saturated carbocycles. The Morgan fingerprint density at radius 3 is 2.72 bits per heavy atom. The summed E-state index contributed by atoms with van der Waals surface area (Å²) in [5.74, 6) is -0.0169. The van der Waals surface area contributed by atoms with Crippen LogP contribution in [-0.4, -0.2) is 36.5 Å². The minimum Gasteiger partial charge on any atom is -0.354 e. The molecule has 3 amide bonds. The third-order valence-electron chi connectivity index (χ3n) is 2.70. The summed E-state index contributed by atoms with van der Waals surface area (Å²) in [6, 6.07) is 6.70. The zero-order chi connectivity index (χ0) is 13.0. The van der Waals surface area contributed by atoms with Gasteiger partial charge in [0.05, 0.1) is 0 Å². The Bertz CT molecular complexity index is 447. The first-order valence-corrected chi connectivity index (χ1v) is 6.11. The number of amides is 3. The SMILES string of the molecule is O=C1CCN(C(=O)Nc2ccc(Cl)cc2)CCN1. The fourth-order valence-corrected chi connectivity index (χ4v) is 1.83. The molecule has 0 aromatic heterocycles. The van der Waals surface area contributed by atoms with Crippen molar-refractivity contribution in [1.29, 1.82) is 0 Å². The monoisotopic (exact) mass is 267 g/mol. The first kappa shape index (κ1) is 12.7. The molecule has 2 rings (SSSR count). The maximum absolute atomic E-state index is 12.0. The highest BCUT2D eigenvalue weighted by Crippen LogP contribution is 2.14. The molecule has 1 aliphatic rings. The topological polar surface area (TPSA) is 61.4 Å². The highest BCUT2D eigenvalue weighted by atomic mass is 35.5. The van der Waals surface area contributed by atoms with Gasteiger partial charge in [-0.15, -0.1) is 0 Å². The largest absolute Gasteiger partial charge is 0.354 e. The Labute approximate surface area is 110 Å². The van der Waals surface area contributed by atoms with Crippen LogP contribution in [0.1, 0.15) is 6.42 Å². The van der Waals surface area contributed by atoms with Crippen molar-refractivity contribution < 1.29 is 9.59 Å². The number of anilines is 1. The number of carbonyl (C=O) groups is 2. The fraction of sp³-hybridized carbons (Fsp3) is 0.333. The maximum atomic E-state index is 12.0. The van der Waals surface area contributed by atoms with Crippen molar-refractivity contribution in [2.24, 2.45) is 0 Å². The van der Waals surface area contributed by atoms with Crippen molar-refractivity contribution >= 4 is 29.2 Å². The predicted molar refractivity (Wildman–Crippen MR) is 69.7 cm³/mol. The Hall–Kier alpha value is -1.75. The molecule has 18 heavy (non-hydrogen) atoms. The van der Waals surface area contributed by atoms with E-state index in [-0.39, 0.29) is 11.9 Å². The van der Waals surface area contributed by atoms with Gasteiger partial charge >= 0.3 is 6.03 Å². The molecule has 0 spiro atoms. The summed E-state index contributed by atoms with van der Waals surface area (Å²) in [5, 5.41) is 6.12. The number of urea groups is 1. The van der Waals surface area contributed by atoms with Gasteiger partial charge < -0.3 is 15.5 Å². The maximum Gasteiger partial charge on any atom is 0.321 e. The first-order valence-electron chi connectivity index (χ1n) is 5.73. The molecule has 0 atom stereocenters. The highest BCUT2D eigenvalue weighted by Gasteiger charge is 2.18. The van der Waals surface area contributed by atoms with Crippen LogP contribution in [0.25, 0.3) is 0 Å². The van der Waals surface area contributed by atoms with Gasteiger partial charge in [-0.2, -0.15) is 0 Å². The van der Waals surface area contributed by atoms with Gasteiger partial charge in [0, 0.05) is 36.8 Å². The molecule has 0 aliphatic carbocycles. The van der Waals surface area contributed by atoms with Gasteiger partial charge in [0.2, 0.25) is 5.91 Å². The van der Waals surface area contributed by atoms with Crippen LogP contribution in [-0.2, 0) is 4.79 Å². The number of nitrogens with zero attached hydrogens (tertiary/aromatic N) is 1. The van der Waals surface area contributed by atoms with Gasteiger partial charge in [0.15, 0.2) is 0 Å². The van der Waals surface area contributed by atoms with Crippen molar-refractivity contribution in [3.05, 3.63) is 29.3 Å². The molecule has 1 heterocycles. The van der Waals surface area contributed by atoms with E-state index in [1.165, 1.54) is 0 Å². The van der Waals surface area contributed by atoms with E-state index in [1.54, 1.807) is 29.2 Å². The molecule has 96 valence electrons. The molecular formula is C12H14ClN3O2. The smallest absolute Gasteiger partial charge is 0.321 e. The van der Waals surface area contributed by atoms with Crippen LogP contribution >= 0.6 is 11.6 Å². The lowest BCUT2D eigenvalue weighted by molar-refractivity contribution is -0.120. The number of nitrogens with one attached hydrogen (secondary N) is 2. The lowest BCUT2D eigenvalue weighted by atomic mass is 10.3. The van der Waals surface area contributed by atoms with E-state index >= 15 is 0 Å². The summed E-state index contributed by atoms with van der Waals surface area (Å²) >= 11 is 5.77. The number of hydrogen-bond donors (Lipinski definition) is 2. The molecule has 1 saturated heterocycles. The Morgan fingerprint density at radius 1 is 1.28 bits per heavy atom. The normalized spacial score (nSPS) is 15.8. The highest BCUT2D eigenvalue weighted by molar-refractivity contribution is 6.30. The van der Waals surface area contributed by atoms with E-state index in [2.05, 4.69) is 10.6 Å². The van der Waals surface area contributed by atoms with Crippen molar-refractivity contribution in [1.82, 2.24) is 10.2 Å². The zero-order valence-corrected chi connectivity index (χ0v) is 10.5. The second-order valence-electron chi connectivity index (χ2n) is 4.02. The summed E-state index contributed by atoms with van der Waals surface area (Å²) < 4.78 is 0. The number of rotatable bonds is 1. The molecule has 1 aromatic carbocycles. The molecule has 2 N–H and O–H groups in total. The third-order valence-corrected chi connectivity index (χ3v) is 2.95. The Balaban J connectivity index is 1.94. The van der Waals surface area contributed by atoms with E-state index in [9.17, 15) is 9.59 Å². The number of halogens is 1. The van der Waals surface area contributed by atoms with E-state index in [0.29, 0.717) is 36.8 Å². The molecule has 1 aromatic rings. The fourth-order valence-electron chi connectivity index (χ4n) is 1.71. The van der Waals surface area contributed by atoms with Crippen LogP contribution in [0.4, 0.5) is 10.5 Å². The van der Waals surface area contributed by atoms with Crippen LogP contribution in [0.15, 0.2) is 24.3 Å². The molecule has 1 aliphatic heterocycles. The van der Waals surface area contributed by atoms with E-state index in [4.69, 9.17) is 11.6 Å². The van der Waals surface area contributed by atoms with Crippen molar-refractivity contribution in [2.75, 3.05) is 25.0 Å². The molecule has 1 fully saturated rings. The van der Waals surface area contributed by atoms with Crippen LogP contribution in [0.5, 0.6) is 0 Å². The van der Waals surface area contributed by atoms with E-state index in [0.717, 1.165) is 0 Å². The minimum atomic E-state index is -0.200. The average molecular weight is 268 g/mol. The number of benzene rings is 1. The zero-order valence-electron chi connectivity index (χ0n) is 9.78. The minimum absolute atomic E-state index is 0.0169. The summed E-state index contributed by atoms with van der Waals surface area (Å²) in [4.78, 5) is 24.7. The quantitative estimate of drug-likeness (QED) is 0.813. The Morgan fingerprint density at radius 2 is 2.00 bits per heavy atom. The van der Waals surface area contributed by atoms with Gasteiger partial charge in [-0.05, 0) is 24.3 Å². The Kier molecular flexibility index (Phi) is 4.04.